The van der Waals surface area contributed by atoms with Crippen LogP contribution in [0.2, 0.25) is 0 Å². The topological polar surface area (TPSA) is 130 Å². The summed E-state index contributed by atoms with van der Waals surface area (Å²) in [6, 6.07) is -2.25. The van der Waals surface area contributed by atoms with Gasteiger partial charge in [0.2, 0.25) is 11.9 Å². The third-order valence-corrected chi connectivity index (χ3v) is 2.15. The van der Waals surface area contributed by atoms with E-state index < -0.39 is 29.9 Å². The third kappa shape index (κ3) is 5.12. The summed E-state index contributed by atoms with van der Waals surface area (Å²) in [5.41, 5.74) is 5.27. The predicted molar refractivity (Wildman–Crippen MR) is 59.2 cm³/mol. The Bertz CT molecular complexity index is 337. The number of nitrogens with one attached hydrogen (secondary N) is 1. The summed E-state index contributed by atoms with van der Waals surface area (Å²) in [5, 5.41) is 19.8. The van der Waals surface area contributed by atoms with Crippen LogP contribution in [-0.4, -0.2) is 40.1 Å². The van der Waals surface area contributed by atoms with E-state index in [1.54, 1.807) is 6.92 Å². The fourth-order valence-electron chi connectivity index (χ4n) is 1.13. The molecule has 0 aliphatic heterocycles. The number of nitrogens with two attached hydrogens (primary N) is 1. The number of carboxylic acids is 2. The molecule has 0 spiro atoms. The molecule has 7 heteroatoms. The summed E-state index contributed by atoms with van der Waals surface area (Å²) >= 11 is 0. The van der Waals surface area contributed by atoms with E-state index in [1.165, 1.54) is 13.0 Å². The Morgan fingerprint density at radius 2 is 1.76 bits per heavy atom. The predicted octanol–water partition coefficient (Wildman–Crippen LogP) is -0.676. The molecule has 0 rings (SSSR count). The summed E-state index contributed by atoms with van der Waals surface area (Å²) in [4.78, 5) is 32.1. The first-order chi connectivity index (χ1) is 7.79. The van der Waals surface area contributed by atoms with Gasteiger partial charge in [0, 0.05) is 11.6 Å². The Morgan fingerprint density at radius 1 is 1.29 bits per heavy atom. The van der Waals surface area contributed by atoms with Crippen LogP contribution in [0.5, 0.6) is 0 Å². The highest BCUT2D eigenvalue weighted by atomic mass is 16.4. The highest BCUT2D eigenvalue weighted by Gasteiger charge is 2.27. The van der Waals surface area contributed by atoms with Crippen molar-refractivity contribution in [2.45, 2.75) is 32.4 Å². The zero-order valence-corrected chi connectivity index (χ0v) is 9.64. The van der Waals surface area contributed by atoms with Crippen LogP contribution >= 0.6 is 0 Å². The van der Waals surface area contributed by atoms with E-state index in [0.717, 1.165) is 0 Å². The molecule has 0 aliphatic rings. The third-order valence-electron chi connectivity index (χ3n) is 2.15. The minimum atomic E-state index is -1.71. The molecule has 0 saturated carbocycles. The summed E-state index contributed by atoms with van der Waals surface area (Å²) in [7, 11) is 0. The van der Waals surface area contributed by atoms with Gasteiger partial charge >= 0.3 is 11.9 Å². The Labute approximate surface area is 98.3 Å². The number of carboxylic acid groups (broad SMARTS) is 2. The van der Waals surface area contributed by atoms with E-state index in [2.05, 4.69) is 5.32 Å². The van der Waals surface area contributed by atoms with Crippen LogP contribution in [0.4, 0.5) is 0 Å². The molecule has 1 unspecified atom stereocenters. The molecule has 1 amide bonds. The van der Waals surface area contributed by atoms with Gasteiger partial charge in [-0.15, -0.1) is 0 Å². The Hall–Kier alpha value is -1.89. The van der Waals surface area contributed by atoms with Crippen molar-refractivity contribution in [2.24, 2.45) is 5.73 Å². The van der Waals surface area contributed by atoms with Crippen molar-refractivity contribution >= 4 is 17.8 Å². The van der Waals surface area contributed by atoms with Gasteiger partial charge in [0.15, 0.2) is 0 Å². The number of aliphatic carboxylic acids is 2. The quantitative estimate of drug-likeness (QED) is 0.347. The average molecular weight is 244 g/mol. The lowest BCUT2D eigenvalue weighted by Gasteiger charge is -2.17. The van der Waals surface area contributed by atoms with Crippen molar-refractivity contribution in [1.82, 2.24) is 5.32 Å². The van der Waals surface area contributed by atoms with Gasteiger partial charge in [-0.25, -0.2) is 9.59 Å². The molecule has 1 atom stereocenters. The second-order valence-electron chi connectivity index (χ2n) is 3.50. The molecule has 5 N–H and O–H groups in total. The molecule has 0 saturated heterocycles. The van der Waals surface area contributed by atoms with Crippen LogP contribution in [-0.2, 0) is 14.4 Å². The molecular formula is C10H16N2O5. The van der Waals surface area contributed by atoms with Crippen molar-refractivity contribution in [3.8, 4) is 0 Å². The molecule has 7 nitrogen and oxygen atoms in total. The van der Waals surface area contributed by atoms with Crippen molar-refractivity contribution in [2.75, 3.05) is 0 Å². The van der Waals surface area contributed by atoms with Crippen LogP contribution in [0.1, 0.15) is 20.3 Å². The fraction of sp³-hybridized carbons (Fsp3) is 0.500. The van der Waals surface area contributed by atoms with Crippen molar-refractivity contribution in [3.63, 3.8) is 0 Å². The van der Waals surface area contributed by atoms with E-state index in [-0.39, 0.29) is 5.57 Å². The molecule has 0 radical (unpaired) electrons. The zero-order valence-electron chi connectivity index (χ0n) is 9.64. The lowest BCUT2D eigenvalue weighted by atomic mass is 10.1. The molecular weight excluding hydrogens is 228 g/mol. The van der Waals surface area contributed by atoms with Gasteiger partial charge in [-0.2, -0.15) is 0 Å². The van der Waals surface area contributed by atoms with E-state index in [1.807, 2.05) is 0 Å². The van der Waals surface area contributed by atoms with Crippen LogP contribution in [0.25, 0.3) is 0 Å². The molecule has 0 bridgehead atoms. The van der Waals surface area contributed by atoms with Gasteiger partial charge in [0.25, 0.3) is 0 Å². The van der Waals surface area contributed by atoms with E-state index in [0.29, 0.717) is 6.42 Å². The van der Waals surface area contributed by atoms with Crippen LogP contribution in [0.15, 0.2) is 11.6 Å². The summed E-state index contributed by atoms with van der Waals surface area (Å²) in [5.74, 6) is -3.60. The molecule has 0 aromatic rings. The lowest BCUT2D eigenvalue weighted by Crippen LogP contribution is -2.47. The van der Waals surface area contributed by atoms with E-state index in [9.17, 15) is 14.4 Å². The second kappa shape index (κ2) is 6.64. The first-order valence-electron chi connectivity index (χ1n) is 4.99. The standard InChI is InChI=1S/C10H16N2O5/c1-3-6(4-5(2)8(11)13)12-7(9(14)15)10(16)17/h4,6-7,12H,3H2,1-2H3,(H2,11,13)(H,14,15)(H,16,17). The smallest absolute Gasteiger partial charge is 0.332 e. The maximum atomic E-state index is 10.8. The van der Waals surface area contributed by atoms with Crippen molar-refractivity contribution in [3.05, 3.63) is 11.6 Å². The summed E-state index contributed by atoms with van der Waals surface area (Å²) in [6.07, 6.45) is 1.85. The number of hydrogen-bond donors (Lipinski definition) is 4. The highest BCUT2D eigenvalue weighted by molar-refractivity contribution is 5.97. The second-order valence-corrected chi connectivity index (χ2v) is 3.50. The minimum Gasteiger partial charge on any atom is -0.480 e. The molecule has 0 aromatic carbocycles. The van der Waals surface area contributed by atoms with Gasteiger partial charge in [-0.1, -0.05) is 13.0 Å². The largest absolute Gasteiger partial charge is 0.480 e. The maximum Gasteiger partial charge on any atom is 0.332 e. The SMILES string of the molecule is CCC(C=C(C)C(N)=O)NC(C(=O)O)C(=O)O. The molecule has 0 fully saturated rings. The molecule has 0 heterocycles. The Kier molecular flexibility index (Phi) is 5.90. The zero-order chi connectivity index (χ0) is 13.6. The van der Waals surface area contributed by atoms with Gasteiger partial charge in [-0.3, -0.25) is 10.1 Å². The first-order valence-corrected chi connectivity index (χ1v) is 4.99. The Morgan fingerprint density at radius 3 is 2.06 bits per heavy atom. The first kappa shape index (κ1) is 15.1. The number of hydrogen-bond acceptors (Lipinski definition) is 4. The van der Waals surface area contributed by atoms with Crippen molar-refractivity contribution < 1.29 is 24.6 Å². The van der Waals surface area contributed by atoms with Gasteiger partial charge in [-0.05, 0) is 13.3 Å². The number of rotatable bonds is 7. The van der Waals surface area contributed by atoms with Crippen LogP contribution in [0.3, 0.4) is 0 Å². The molecule has 0 aromatic heterocycles. The summed E-state index contributed by atoms with van der Waals surface area (Å²) < 4.78 is 0. The molecule has 96 valence electrons. The highest BCUT2D eigenvalue weighted by Crippen LogP contribution is 2.01. The summed E-state index contributed by atoms with van der Waals surface area (Å²) in [6.45, 7) is 3.20. The number of amides is 1. The minimum absolute atomic E-state index is 0.249. The van der Waals surface area contributed by atoms with Gasteiger partial charge in [0.05, 0.1) is 0 Å². The van der Waals surface area contributed by atoms with E-state index >= 15 is 0 Å². The van der Waals surface area contributed by atoms with E-state index in [4.69, 9.17) is 15.9 Å². The number of carbonyl (C=O) groups excluding carboxylic acids is 1. The number of carbonyl (C=O) groups is 3. The van der Waals surface area contributed by atoms with Crippen molar-refractivity contribution in [1.29, 1.82) is 0 Å². The normalized spacial score (nSPS) is 13.5. The molecule has 17 heavy (non-hydrogen) atoms. The monoisotopic (exact) mass is 244 g/mol. The average Bonchev–Trinajstić information content (AvgIpc) is 2.22. The van der Waals surface area contributed by atoms with Gasteiger partial charge in [0.1, 0.15) is 0 Å². The molecule has 0 aliphatic carbocycles. The Balaban J connectivity index is 4.80. The lowest BCUT2D eigenvalue weighted by molar-refractivity contribution is -0.151. The van der Waals surface area contributed by atoms with Crippen LogP contribution < -0.4 is 11.1 Å². The van der Waals surface area contributed by atoms with Gasteiger partial charge < -0.3 is 15.9 Å². The fourth-order valence-corrected chi connectivity index (χ4v) is 1.13. The maximum absolute atomic E-state index is 10.8. The number of primary amides is 1. The van der Waals surface area contributed by atoms with Crippen LogP contribution in [0, 0.1) is 0 Å².